The molecule has 1 unspecified atom stereocenters. The molecule has 3 nitrogen and oxygen atoms in total. The van der Waals surface area contributed by atoms with Crippen LogP contribution < -0.4 is 5.32 Å². The van der Waals surface area contributed by atoms with Crippen molar-refractivity contribution in [3.8, 4) is 0 Å². The van der Waals surface area contributed by atoms with Gasteiger partial charge in [0.1, 0.15) is 5.82 Å². The minimum Gasteiger partial charge on any atom is -0.349 e. The summed E-state index contributed by atoms with van der Waals surface area (Å²) in [5.41, 5.74) is 2.03. The number of benzene rings is 1. The predicted molar refractivity (Wildman–Crippen MR) is 99.6 cm³/mol. The van der Waals surface area contributed by atoms with Crippen LogP contribution in [0, 0.1) is 12.7 Å². The number of carbonyl (C=O) groups excluding carboxylic acids is 1. The molecule has 2 aromatic heterocycles. The molecular weight excluding hydrogens is 343 g/mol. The molecule has 0 bridgehead atoms. The Kier molecular flexibility index (Phi) is 4.99. The molecule has 0 radical (unpaired) electrons. The Morgan fingerprint density at radius 1 is 1.33 bits per heavy atom. The van der Waals surface area contributed by atoms with Crippen LogP contribution in [0.4, 0.5) is 4.39 Å². The molecule has 1 N–H and O–H groups in total. The Hall–Kier alpha value is -1.76. The highest BCUT2D eigenvalue weighted by Gasteiger charge is 2.19. The normalized spacial score (nSPS) is 12.7. The van der Waals surface area contributed by atoms with Gasteiger partial charge in [0.2, 0.25) is 0 Å². The number of hydrogen-bond acceptors (Lipinski definition) is 4. The molecule has 126 valence electrons. The molecule has 0 saturated heterocycles. The van der Waals surface area contributed by atoms with E-state index in [4.69, 9.17) is 0 Å². The van der Waals surface area contributed by atoms with Crippen LogP contribution >= 0.6 is 22.7 Å². The molecule has 3 aromatic rings. The number of thiophene rings is 2. The third-order valence-electron chi connectivity index (χ3n) is 4.11. The summed E-state index contributed by atoms with van der Waals surface area (Å²) in [4.78, 5) is 15.4. The molecule has 0 aliphatic carbocycles. The van der Waals surface area contributed by atoms with Crippen LogP contribution in [-0.2, 0) is 0 Å². The fraction of sp³-hybridized carbons (Fsp3) is 0.278. The number of fused-ring (bicyclic) bond motifs is 1. The van der Waals surface area contributed by atoms with Crippen LogP contribution in [0.1, 0.15) is 26.8 Å². The van der Waals surface area contributed by atoms with Crippen LogP contribution in [0.3, 0.4) is 0 Å². The molecule has 1 amide bonds. The van der Waals surface area contributed by atoms with Gasteiger partial charge in [0, 0.05) is 11.2 Å². The summed E-state index contributed by atoms with van der Waals surface area (Å²) in [7, 11) is 4.00. The van der Waals surface area contributed by atoms with Crippen molar-refractivity contribution in [2.75, 3.05) is 20.6 Å². The average molecular weight is 362 g/mol. The monoisotopic (exact) mass is 362 g/mol. The second-order valence-electron chi connectivity index (χ2n) is 5.94. The Morgan fingerprint density at radius 2 is 2.12 bits per heavy atom. The van der Waals surface area contributed by atoms with E-state index >= 15 is 0 Å². The lowest BCUT2D eigenvalue weighted by Crippen LogP contribution is -2.34. The zero-order valence-electron chi connectivity index (χ0n) is 13.8. The second-order valence-corrected chi connectivity index (χ2v) is 7.78. The average Bonchev–Trinajstić information content (AvgIpc) is 3.16. The van der Waals surface area contributed by atoms with E-state index in [9.17, 15) is 9.18 Å². The number of aryl methyl sites for hydroxylation is 1. The molecule has 0 aliphatic heterocycles. The van der Waals surface area contributed by atoms with Gasteiger partial charge in [0.05, 0.1) is 10.9 Å². The van der Waals surface area contributed by atoms with E-state index in [2.05, 4.69) is 21.7 Å². The number of hydrogen-bond donors (Lipinski definition) is 1. The highest BCUT2D eigenvalue weighted by molar-refractivity contribution is 7.21. The molecular formula is C18H19FN2OS2. The summed E-state index contributed by atoms with van der Waals surface area (Å²) >= 11 is 3.06. The fourth-order valence-corrected chi connectivity index (χ4v) is 4.56. The highest BCUT2D eigenvalue weighted by Crippen LogP contribution is 2.31. The van der Waals surface area contributed by atoms with E-state index < -0.39 is 0 Å². The van der Waals surface area contributed by atoms with Crippen LogP contribution in [0.5, 0.6) is 0 Å². The quantitative estimate of drug-likeness (QED) is 0.728. The van der Waals surface area contributed by atoms with Crippen LogP contribution in [0.25, 0.3) is 10.1 Å². The van der Waals surface area contributed by atoms with Gasteiger partial charge >= 0.3 is 0 Å². The van der Waals surface area contributed by atoms with Gasteiger partial charge in [0.15, 0.2) is 0 Å². The zero-order valence-corrected chi connectivity index (χ0v) is 15.4. The topological polar surface area (TPSA) is 32.3 Å². The maximum atomic E-state index is 13.4. The molecule has 1 atom stereocenters. The van der Waals surface area contributed by atoms with Crippen molar-refractivity contribution < 1.29 is 9.18 Å². The first-order valence-corrected chi connectivity index (χ1v) is 9.38. The number of halogens is 1. The second kappa shape index (κ2) is 7.01. The maximum Gasteiger partial charge on any atom is 0.261 e. The van der Waals surface area contributed by atoms with E-state index in [0.717, 1.165) is 15.6 Å². The van der Waals surface area contributed by atoms with E-state index in [-0.39, 0.29) is 17.8 Å². The third kappa shape index (κ3) is 3.36. The molecule has 2 heterocycles. The Bertz CT molecular complexity index is 855. The minimum atomic E-state index is -0.277. The van der Waals surface area contributed by atoms with Crippen molar-refractivity contribution in [2.45, 2.75) is 13.0 Å². The van der Waals surface area contributed by atoms with E-state index in [1.807, 2.05) is 26.4 Å². The van der Waals surface area contributed by atoms with Gasteiger partial charge in [-0.3, -0.25) is 4.79 Å². The molecule has 0 saturated carbocycles. The number of likely N-dealkylation sites (N-methyl/N-ethyl adjacent to an activating group) is 1. The lowest BCUT2D eigenvalue weighted by atomic mass is 10.1. The number of nitrogens with one attached hydrogen (secondary N) is 1. The molecule has 6 heteroatoms. The maximum absolute atomic E-state index is 13.4. The van der Waals surface area contributed by atoms with Crippen molar-refractivity contribution in [1.82, 2.24) is 10.2 Å². The lowest BCUT2D eigenvalue weighted by Gasteiger charge is -2.23. The van der Waals surface area contributed by atoms with Crippen molar-refractivity contribution in [3.05, 3.63) is 56.8 Å². The molecule has 3 rings (SSSR count). The van der Waals surface area contributed by atoms with Gasteiger partial charge in [-0.25, -0.2) is 4.39 Å². The first-order valence-electron chi connectivity index (χ1n) is 7.62. The van der Waals surface area contributed by atoms with E-state index in [1.54, 1.807) is 17.4 Å². The van der Waals surface area contributed by atoms with Crippen molar-refractivity contribution in [3.63, 3.8) is 0 Å². The van der Waals surface area contributed by atoms with Crippen molar-refractivity contribution in [2.24, 2.45) is 0 Å². The SMILES string of the molecule is Cc1c(C(=O)NCC(c2ccsc2)N(C)C)sc2ccc(F)cc12. The largest absolute Gasteiger partial charge is 0.349 e. The number of rotatable bonds is 5. The van der Waals surface area contributed by atoms with Gasteiger partial charge in [-0.1, -0.05) is 0 Å². The summed E-state index contributed by atoms with van der Waals surface area (Å²) in [5, 5.41) is 7.98. The highest BCUT2D eigenvalue weighted by atomic mass is 32.1. The first kappa shape index (κ1) is 17.1. The van der Waals surface area contributed by atoms with E-state index in [1.165, 1.54) is 29.0 Å². The Morgan fingerprint density at radius 3 is 2.79 bits per heavy atom. The summed E-state index contributed by atoms with van der Waals surface area (Å²) in [6.45, 7) is 2.40. The smallest absolute Gasteiger partial charge is 0.261 e. The fourth-order valence-electron chi connectivity index (χ4n) is 2.74. The van der Waals surface area contributed by atoms with Gasteiger partial charge in [-0.2, -0.15) is 11.3 Å². The number of nitrogens with zero attached hydrogens (tertiary/aromatic N) is 1. The Labute approximate surface area is 148 Å². The van der Waals surface area contributed by atoms with Crippen molar-refractivity contribution in [1.29, 1.82) is 0 Å². The summed E-state index contributed by atoms with van der Waals surface area (Å²) < 4.78 is 14.4. The molecule has 0 aliphatic rings. The van der Waals surface area contributed by atoms with Gasteiger partial charge in [0.25, 0.3) is 5.91 Å². The number of carbonyl (C=O) groups is 1. The number of amides is 1. The van der Waals surface area contributed by atoms with E-state index in [0.29, 0.717) is 11.4 Å². The Balaban J connectivity index is 1.79. The predicted octanol–water partition coefficient (Wildman–Crippen LogP) is 4.44. The molecule has 0 fully saturated rings. The van der Waals surface area contributed by atoms with Crippen molar-refractivity contribution >= 4 is 38.7 Å². The summed E-state index contributed by atoms with van der Waals surface area (Å²) in [6.07, 6.45) is 0. The molecule has 1 aromatic carbocycles. The van der Waals surface area contributed by atoms with Crippen LogP contribution in [0.15, 0.2) is 35.0 Å². The minimum absolute atomic E-state index is 0.101. The van der Waals surface area contributed by atoms with Gasteiger partial charge in [-0.05, 0) is 72.6 Å². The zero-order chi connectivity index (χ0) is 17.3. The van der Waals surface area contributed by atoms with Crippen LogP contribution in [-0.4, -0.2) is 31.4 Å². The standard InChI is InChI=1S/C18H19FN2OS2/c1-11-14-8-13(19)4-5-16(14)24-17(11)18(22)20-9-15(21(2)3)12-6-7-23-10-12/h4-8,10,15H,9H2,1-3H3,(H,20,22). The van der Waals surface area contributed by atoms with Gasteiger partial charge in [-0.15, -0.1) is 11.3 Å². The summed E-state index contributed by atoms with van der Waals surface area (Å²) in [5.74, 6) is -0.378. The molecule has 0 spiro atoms. The third-order valence-corrected chi connectivity index (χ3v) is 6.08. The summed E-state index contributed by atoms with van der Waals surface area (Å²) in [6, 6.07) is 6.86. The van der Waals surface area contributed by atoms with Gasteiger partial charge < -0.3 is 10.2 Å². The lowest BCUT2D eigenvalue weighted by molar-refractivity contribution is 0.0945. The molecule has 24 heavy (non-hydrogen) atoms. The first-order chi connectivity index (χ1) is 11.5. The van der Waals surface area contributed by atoms with Crippen LogP contribution in [0.2, 0.25) is 0 Å².